The van der Waals surface area contributed by atoms with Crippen LogP contribution in [-0.4, -0.2) is 18.0 Å². The molecule has 1 amide bonds. The van der Waals surface area contributed by atoms with E-state index in [-0.39, 0.29) is 23.9 Å². The fourth-order valence-electron chi connectivity index (χ4n) is 2.64. The Hall–Kier alpha value is -0.580. The number of aryl methyl sites for hydroxylation is 1. The van der Waals surface area contributed by atoms with Crippen LogP contribution in [0.1, 0.15) is 50.3 Å². The van der Waals surface area contributed by atoms with Crippen molar-refractivity contribution in [2.45, 2.75) is 57.4 Å². The topological polar surface area (TPSA) is 55.1 Å². The summed E-state index contributed by atoms with van der Waals surface area (Å²) in [6, 6.07) is 4.28. The largest absolute Gasteiger partial charge is 0.349 e. The maximum Gasteiger partial charge on any atom is 0.220 e. The lowest BCUT2D eigenvalue weighted by Crippen LogP contribution is -2.53. The number of carbonyl (C=O) groups is 1. The van der Waals surface area contributed by atoms with Crippen molar-refractivity contribution in [3.8, 4) is 0 Å². The van der Waals surface area contributed by atoms with Gasteiger partial charge in [-0.15, -0.1) is 23.7 Å². The Morgan fingerprint density at radius 3 is 2.76 bits per heavy atom. The van der Waals surface area contributed by atoms with Crippen LogP contribution in [0, 0.1) is 5.92 Å². The minimum Gasteiger partial charge on any atom is -0.349 e. The smallest absolute Gasteiger partial charge is 0.220 e. The highest BCUT2D eigenvalue weighted by atomic mass is 35.5. The zero-order chi connectivity index (χ0) is 14.4. The van der Waals surface area contributed by atoms with Crippen LogP contribution in [0.3, 0.4) is 0 Å². The lowest BCUT2D eigenvalue weighted by molar-refractivity contribution is -0.123. The molecule has 0 aliphatic heterocycles. The molecule has 0 bridgehead atoms. The van der Waals surface area contributed by atoms with E-state index in [0.29, 0.717) is 18.9 Å². The first-order valence-corrected chi connectivity index (χ1v) is 8.55. The normalized spacial score (nSPS) is 16.9. The molecule has 21 heavy (non-hydrogen) atoms. The molecule has 1 aromatic rings. The summed E-state index contributed by atoms with van der Waals surface area (Å²) < 4.78 is 0. The van der Waals surface area contributed by atoms with Crippen molar-refractivity contribution in [2.24, 2.45) is 11.7 Å². The van der Waals surface area contributed by atoms with Crippen molar-refractivity contribution in [3.63, 3.8) is 0 Å². The van der Waals surface area contributed by atoms with Gasteiger partial charge >= 0.3 is 0 Å². The molecule has 120 valence electrons. The van der Waals surface area contributed by atoms with Crippen LogP contribution >= 0.6 is 23.7 Å². The molecule has 2 rings (SSSR count). The summed E-state index contributed by atoms with van der Waals surface area (Å²) in [5.74, 6) is 0.760. The number of nitrogens with one attached hydrogen (secondary N) is 1. The van der Waals surface area contributed by atoms with E-state index in [1.165, 1.54) is 24.1 Å². The Kier molecular flexibility index (Phi) is 7.71. The SMILES string of the molecule is CC(CN)(NC(=O)CCCCCc1cccs1)C1CC1.Cl. The van der Waals surface area contributed by atoms with E-state index in [4.69, 9.17) is 5.73 Å². The van der Waals surface area contributed by atoms with Crippen molar-refractivity contribution in [2.75, 3.05) is 6.54 Å². The maximum atomic E-state index is 12.0. The van der Waals surface area contributed by atoms with E-state index in [2.05, 4.69) is 29.8 Å². The first kappa shape index (κ1) is 18.5. The van der Waals surface area contributed by atoms with Gasteiger partial charge in [-0.2, -0.15) is 0 Å². The van der Waals surface area contributed by atoms with E-state index >= 15 is 0 Å². The predicted molar refractivity (Wildman–Crippen MR) is 92.1 cm³/mol. The molecule has 3 N–H and O–H groups in total. The fourth-order valence-corrected chi connectivity index (χ4v) is 3.39. The zero-order valence-electron chi connectivity index (χ0n) is 12.8. The van der Waals surface area contributed by atoms with Crippen LogP contribution in [-0.2, 0) is 11.2 Å². The van der Waals surface area contributed by atoms with Gasteiger partial charge in [-0.05, 0) is 56.4 Å². The first-order chi connectivity index (χ1) is 9.64. The number of hydrogen-bond donors (Lipinski definition) is 2. The fraction of sp³-hybridized carbons (Fsp3) is 0.688. The van der Waals surface area contributed by atoms with Crippen LogP contribution in [0.4, 0.5) is 0 Å². The van der Waals surface area contributed by atoms with E-state index in [9.17, 15) is 4.79 Å². The van der Waals surface area contributed by atoms with Crippen molar-refractivity contribution in [1.82, 2.24) is 5.32 Å². The molecular formula is C16H27ClN2OS. The number of carbonyl (C=O) groups excluding carboxylic acids is 1. The summed E-state index contributed by atoms with van der Waals surface area (Å²) in [5, 5.41) is 5.27. The lowest BCUT2D eigenvalue weighted by atomic mass is 9.95. The third-order valence-corrected chi connectivity index (χ3v) is 5.17. The average molecular weight is 331 g/mol. The molecule has 0 radical (unpaired) electrons. The minimum atomic E-state index is -0.173. The number of nitrogens with two attached hydrogens (primary N) is 1. The van der Waals surface area contributed by atoms with E-state index < -0.39 is 0 Å². The van der Waals surface area contributed by atoms with Gasteiger partial charge < -0.3 is 11.1 Å². The number of halogens is 1. The molecule has 1 heterocycles. The summed E-state index contributed by atoms with van der Waals surface area (Å²) in [5.41, 5.74) is 5.64. The summed E-state index contributed by atoms with van der Waals surface area (Å²) in [6.07, 6.45) is 7.44. The van der Waals surface area contributed by atoms with Gasteiger partial charge in [0.05, 0.1) is 5.54 Å². The molecule has 0 aromatic carbocycles. The number of rotatable bonds is 9. The summed E-state index contributed by atoms with van der Waals surface area (Å²) in [6.45, 7) is 2.63. The Balaban J connectivity index is 0.00000220. The molecule has 5 heteroatoms. The molecule has 1 aliphatic carbocycles. The van der Waals surface area contributed by atoms with Gasteiger partial charge in [0, 0.05) is 17.8 Å². The van der Waals surface area contributed by atoms with Crippen molar-refractivity contribution in [3.05, 3.63) is 22.4 Å². The van der Waals surface area contributed by atoms with Crippen molar-refractivity contribution in [1.29, 1.82) is 0 Å². The Morgan fingerprint density at radius 2 is 2.19 bits per heavy atom. The molecule has 3 nitrogen and oxygen atoms in total. The Morgan fingerprint density at radius 1 is 1.43 bits per heavy atom. The lowest BCUT2D eigenvalue weighted by Gasteiger charge is -2.29. The number of hydrogen-bond acceptors (Lipinski definition) is 3. The van der Waals surface area contributed by atoms with Crippen LogP contribution in [0.2, 0.25) is 0 Å². The molecule has 1 fully saturated rings. The first-order valence-electron chi connectivity index (χ1n) is 7.67. The molecular weight excluding hydrogens is 304 g/mol. The summed E-state index contributed by atoms with van der Waals surface area (Å²) in [7, 11) is 0. The van der Waals surface area contributed by atoms with Gasteiger partial charge in [0.1, 0.15) is 0 Å². The number of unbranched alkanes of at least 4 members (excludes halogenated alkanes) is 2. The molecule has 0 spiro atoms. The van der Waals surface area contributed by atoms with Gasteiger partial charge in [0.25, 0.3) is 0 Å². The Labute approximate surface area is 138 Å². The monoisotopic (exact) mass is 330 g/mol. The average Bonchev–Trinajstić information content (AvgIpc) is 3.17. The van der Waals surface area contributed by atoms with E-state index in [0.717, 1.165) is 19.3 Å². The van der Waals surface area contributed by atoms with Crippen LogP contribution in [0.15, 0.2) is 17.5 Å². The number of amides is 1. The molecule has 1 unspecified atom stereocenters. The number of thiophene rings is 1. The third-order valence-electron chi connectivity index (χ3n) is 4.23. The molecule has 0 saturated heterocycles. The predicted octanol–water partition coefficient (Wildman–Crippen LogP) is 3.52. The van der Waals surface area contributed by atoms with Gasteiger partial charge in [0.2, 0.25) is 5.91 Å². The van der Waals surface area contributed by atoms with Crippen LogP contribution < -0.4 is 11.1 Å². The summed E-state index contributed by atoms with van der Waals surface area (Å²) >= 11 is 1.82. The highest BCUT2D eigenvalue weighted by molar-refractivity contribution is 7.09. The highest BCUT2D eigenvalue weighted by Gasteiger charge is 2.41. The second kappa shape index (κ2) is 8.76. The van der Waals surface area contributed by atoms with Crippen molar-refractivity contribution < 1.29 is 4.79 Å². The molecule has 1 aromatic heterocycles. The molecule has 1 aliphatic rings. The van der Waals surface area contributed by atoms with E-state index in [1.54, 1.807) is 0 Å². The second-order valence-electron chi connectivity index (χ2n) is 6.08. The minimum absolute atomic E-state index is 0. The van der Waals surface area contributed by atoms with Crippen LogP contribution in [0.25, 0.3) is 0 Å². The van der Waals surface area contributed by atoms with Gasteiger partial charge in [-0.1, -0.05) is 12.5 Å². The molecule has 1 saturated carbocycles. The van der Waals surface area contributed by atoms with E-state index in [1.807, 2.05) is 11.3 Å². The van der Waals surface area contributed by atoms with Gasteiger partial charge in [-0.3, -0.25) is 4.79 Å². The van der Waals surface area contributed by atoms with Crippen molar-refractivity contribution >= 4 is 29.7 Å². The molecule has 1 atom stereocenters. The van der Waals surface area contributed by atoms with Gasteiger partial charge in [-0.25, -0.2) is 0 Å². The Bertz CT molecular complexity index is 420. The second-order valence-corrected chi connectivity index (χ2v) is 7.12. The summed E-state index contributed by atoms with van der Waals surface area (Å²) in [4.78, 5) is 13.4. The quantitative estimate of drug-likeness (QED) is 0.681. The standard InChI is InChI=1S/C16H26N2OS.ClH/c1-16(12-17,13-9-10-13)18-15(19)8-4-2-3-6-14-7-5-11-20-14;/h5,7,11,13H,2-4,6,8-10,12,17H2,1H3,(H,18,19);1H. The van der Waals surface area contributed by atoms with Gasteiger partial charge in [0.15, 0.2) is 0 Å². The zero-order valence-corrected chi connectivity index (χ0v) is 14.4. The third kappa shape index (κ3) is 5.97. The maximum absolute atomic E-state index is 12.0. The van der Waals surface area contributed by atoms with Crippen LogP contribution in [0.5, 0.6) is 0 Å². The highest BCUT2D eigenvalue weighted by Crippen LogP contribution is 2.39.